The predicted molar refractivity (Wildman–Crippen MR) is 63.7 cm³/mol. The molecule has 1 aromatic carbocycles. The van der Waals surface area contributed by atoms with Gasteiger partial charge >= 0.3 is 0 Å². The zero-order chi connectivity index (χ0) is 9.10. The smallest absolute Gasteiger partial charge is 0.0697 e. The van der Waals surface area contributed by atoms with Gasteiger partial charge in [-0.1, -0.05) is 17.3 Å². The summed E-state index contributed by atoms with van der Waals surface area (Å²) in [6.07, 6.45) is 3.45. The number of halogens is 2. The van der Waals surface area contributed by atoms with Gasteiger partial charge in [0, 0.05) is 6.54 Å². The Bertz CT molecular complexity index is 389. The van der Waals surface area contributed by atoms with E-state index >= 15 is 0 Å². The first-order chi connectivity index (χ1) is 6.40. The summed E-state index contributed by atoms with van der Waals surface area (Å²) < 4.78 is 1.71. The molecule has 0 bridgehead atoms. The van der Waals surface area contributed by atoms with Crippen molar-refractivity contribution in [3.05, 3.63) is 42.2 Å². The van der Waals surface area contributed by atoms with Crippen molar-refractivity contribution in [3.63, 3.8) is 0 Å². The maximum absolute atomic E-state index is 5.53. The zero-order valence-corrected chi connectivity index (χ0v) is 9.54. The van der Waals surface area contributed by atoms with Crippen LogP contribution in [-0.2, 0) is 6.54 Å². The second-order valence-corrected chi connectivity index (χ2v) is 2.72. The molecule has 82 valence electrons. The Morgan fingerprint density at radius 2 is 2.07 bits per heavy atom. The van der Waals surface area contributed by atoms with Gasteiger partial charge in [0.2, 0.25) is 0 Å². The fraction of sp³-hybridized carbons (Fsp3) is 0.111. The summed E-state index contributed by atoms with van der Waals surface area (Å²) in [5, 5.41) is 7.62. The highest BCUT2D eigenvalue weighted by molar-refractivity contribution is 5.85. The molecule has 0 radical (unpaired) electrons. The number of aromatic nitrogens is 3. The fourth-order valence-corrected chi connectivity index (χ4v) is 1.17. The van der Waals surface area contributed by atoms with E-state index in [1.807, 2.05) is 24.3 Å². The largest absolute Gasteiger partial charge is 0.326 e. The summed E-state index contributed by atoms with van der Waals surface area (Å²) in [5.41, 5.74) is 7.60. The van der Waals surface area contributed by atoms with Gasteiger partial charge in [0.1, 0.15) is 0 Å². The normalized spacial score (nSPS) is 8.87. The van der Waals surface area contributed by atoms with Crippen molar-refractivity contribution in [2.75, 3.05) is 0 Å². The van der Waals surface area contributed by atoms with Crippen molar-refractivity contribution < 1.29 is 0 Å². The van der Waals surface area contributed by atoms with Crippen LogP contribution in [0.2, 0.25) is 0 Å². The van der Waals surface area contributed by atoms with Crippen LogP contribution in [0.25, 0.3) is 5.69 Å². The second-order valence-electron chi connectivity index (χ2n) is 2.72. The van der Waals surface area contributed by atoms with Gasteiger partial charge in [-0.15, -0.1) is 29.9 Å². The summed E-state index contributed by atoms with van der Waals surface area (Å²) in [6.45, 7) is 0.544. The molecule has 0 aliphatic rings. The van der Waals surface area contributed by atoms with Crippen LogP contribution < -0.4 is 5.73 Å². The van der Waals surface area contributed by atoms with Gasteiger partial charge in [0.05, 0.1) is 18.1 Å². The van der Waals surface area contributed by atoms with Crippen LogP contribution in [0.3, 0.4) is 0 Å². The summed E-state index contributed by atoms with van der Waals surface area (Å²) in [4.78, 5) is 0. The monoisotopic (exact) mass is 246 g/mol. The van der Waals surface area contributed by atoms with Gasteiger partial charge in [-0.3, -0.25) is 0 Å². The molecule has 0 amide bonds. The van der Waals surface area contributed by atoms with Crippen molar-refractivity contribution in [2.45, 2.75) is 6.54 Å². The summed E-state index contributed by atoms with van der Waals surface area (Å²) >= 11 is 0. The summed E-state index contributed by atoms with van der Waals surface area (Å²) in [6, 6.07) is 7.90. The van der Waals surface area contributed by atoms with Crippen LogP contribution in [0.5, 0.6) is 0 Å². The molecule has 2 N–H and O–H groups in total. The summed E-state index contributed by atoms with van der Waals surface area (Å²) in [7, 11) is 0. The van der Waals surface area contributed by atoms with Gasteiger partial charge < -0.3 is 5.73 Å². The Hall–Kier alpha value is -1.10. The third kappa shape index (κ3) is 3.20. The first-order valence-electron chi connectivity index (χ1n) is 4.06. The van der Waals surface area contributed by atoms with Crippen molar-refractivity contribution in [1.29, 1.82) is 0 Å². The van der Waals surface area contributed by atoms with Crippen molar-refractivity contribution >= 4 is 24.8 Å². The van der Waals surface area contributed by atoms with E-state index in [4.69, 9.17) is 5.73 Å². The van der Waals surface area contributed by atoms with Crippen LogP contribution in [0.4, 0.5) is 0 Å². The minimum Gasteiger partial charge on any atom is -0.326 e. The molecule has 0 unspecified atom stereocenters. The van der Waals surface area contributed by atoms with Crippen LogP contribution >= 0.6 is 24.8 Å². The van der Waals surface area contributed by atoms with Crippen LogP contribution in [0.1, 0.15) is 5.56 Å². The zero-order valence-electron chi connectivity index (χ0n) is 7.91. The van der Waals surface area contributed by atoms with E-state index in [1.54, 1.807) is 17.1 Å². The van der Waals surface area contributed by atoms with E-state index in [9.17, 15) is 0 Å². The number of nitrogens with zero attached hydrogens (tertiary/aromatic N) is 3. The lowest BCUT2D eigenvalue weighted by Gasteiger charge is -2.01. The molecule has 0 aliphatic heterocycles. The third-order valence-corrected chi connectivity index (χ3v) is 1.83. The van der Waals surface area contributed by atoms with Gasteiger partial charge in [-0.05, 0) is 17.7 Å². The molecule has 0 aliphatic carbocycles. The third-order valence-electron chi connectivity index (χ3n) is 1.83. The quantitative estimate of drug-likeness (QED) is 0.876. The van der Waals surface area contributed by atoms with E-state index in [-0.39, 0.29) is 24.8 Å². The molecule has 2 rings (SSSR count). The van der Waals surface area contributed by atoms with E-state index in [0.29, 0.717) is 6.54 Å². The molecule has 0 spiro atoms. The Labute approximate surface area is 100 Å². The molecule has 0 atom stereocenters. The summed E-state index contributed by atoms with van der Waals surface area (Å²) in [5.74, 6) is 0. The Morgan fingerprint density at radius 1 is 1.27 bits per heavy atom. The number of hydrogen-bond donors (Lipinski definition) is 1. The molecule has 0 saturated heterocycles. The topological polar surface area (TPSA) is 56.7 Å². The average Bonchev–Trinajstić information content (AvgIpc) is 2.71. The number of benzene rings is 1. The van der Waals surface area contributed by atoms with Gasteiger partial charge in [-0.2, -0.15) is 0 Å². The molecule has 1 heterocycles. The van der Waals surface area contributed by atoms with Crippen molar-refractivity contribution in [1.82, 2.24) is 15.0 Å². The standard InChI is InChI=1S/C9H10N4.2ClH/c10-7-8-2-1-3-9(6-8)13-5-4-11-12-13;;/h1-6H,7,10H2;2*1H. The fourth-order valence-electron chi connectivity index (χ4n) is 1.17. The molecule has 0 fully saturated rings. The molecule has 15 heavy (non-hydrogen) atoms. The van der Waals surface area contributed by atoms with Crippen LogP contribution in [0.15, 0.2) is 36.7 Å². The number of hydrogen-bond acceptors (Lipinski definition) is 3. The molecule has 6 heteroatoms. The Morgan fingerprint density at radius 3 is 2.67 bits per heavy atom. The van der Waals surface area contributed by atoms with Crippen LogP contribution in [-0.4, -0.2) is 15.0 Å². The number of rotatable bonds is 2. The lowest BCUT2D eigenvalue weighted by Crippen LogP contribution is -1.99. The van der Waals surface area contributed by atoms with E-state index in [0.717, 1.165) is 11.3 Å². The van der Waals surface area contributed by atoms with E-state index in [2.05, 4.69) is 10.3 Å². The van der Waals surface area contributed by atoms with Gasteiger partial charge in [-0.25, -0.2) is 4.68 Å². The van der Waals surface area contributed by atoms with Gasteiger partial charge in [0.15, 0.2) is 0 Å². The molecular weight excluding hydrogens is 235 g/mol. The van der Waals surface area contributed by atoms with E-state index in [1.165, 1.54) is 0 Å². The average molecular weight is 247 g/mol. The van der Waals surface area contributed by atoms with Crippen molar-refractivity contribution in [2.24, 2.45) is 5.73 Å². The lowest BCUT2D eigenvalue weighted by molar-refractivity contribution is 0.801. The van der Waals surface area contributed by atoms with Gasteiger partial charge in [0.25, 0.3) is 0 Å². The SMILES string of the molecule is Cl.Cl.NCc1cccc(-n2ccnn2)c1. The second kappa shape index (κ2) is 6.40. The Kier molecular flexibility index (Phi) is 5.93. The van der Waals surface area contributed by atoms with E-state index < -0.39 is 0 Å². The lowest BCUT2D eigenvalue weighted by atomic mass is 10.2. The highest BCUT2D eigenvalue weighted by Crippen LogP contribution is 2.07. The minimum absolute atomic E-state index is 0. The van der Waals surface area contributed by atoms with Crippen molar-refractivity contribution in [3.8, 4) is 5.69 Å². The predicted octanol–water partition coefficient (Wildman–Crippen LogP) is 1.57. The molecular formula is C9H12Cl2N4. The maximum atomic E-state index is 5.53. The molecule has 0 saturated carbocycles. The first-order valence-corrected chi connectivity index (χ1v) is 4.06. The first kappa shape index (κ1) is 13.9. The highest BCUT2D eigenvalue weighted by Gasteiger charge is 1.96. The molecule has 4 nitrogen and oxygen atoms in total. The van der Waals surface area contributed by atoms with Crippen LogP contribution in [0, 0.1) is 0 Å². The number of nitrogens with two attached hydrogens (primary N) is 1. The minimum atomic E-state index is 0. The highest BCUT2D eigenvalue weighted by atomic mass is 35.5. The molecule has 1 aromatic heterocycles. The maximum Gasteiger partial charge on any atom is 0.0697 e. The Balaban J connectivity index is 0.000000980. The molecule has 2 aromatic rings.